The van der Waals surface area contributed by atoms with Crippen molar-refractivity contribution in [2.45, 2.75) is 24.3 Å². The fourth-order valence-electron chi connectivity index (χ4n) is 2.82. The first kappa shape index (κ1) is 22.4. The minimum absolute atomic E-state index is 0.261. The Hall–Kier alpha value is -1.90. The van der Waals surface area contributed by atoms with Crippen molar-refractivity contribution in [3.8, 4) is 5.75 Å². The van der Waals surface area contributed by atoms with Crippen LogP contribution in [0.25, 0.3) is 0 Å². The van der Waals surface area contributed by atoms with Crippen LogP contribution in [-0.4, -0.2) is 40.0 Å². The van der Waals surface area contributed by atoms with Crippen LogP contribution in [0.5, 0.6) is 5.75 Å². The third-order valence-electron chi connectivity index (χ3n) is 4.08. The lowest BCUT2D eigenvalue weighted by Crippen LogP contribution is -2.47. The van der Waals surface area contributed by atoms with E-state index in [0.29, 0.717) is 17.1 Å². The predicted molar refractivity (Wildman–Crippen MR) is 116 cm³/mol. The Balaban J connectivity index is 2.43. The van der Waals surface area contributed by atoms with E-state index in [2.05, 4.69) is 5.32 Å². The predicted octanol–water partition coefficient (Wildman–Crippen LogP) is 4.25. The van der Waals surface area contributed by atoms with Crippen LogP contribution < -0.4 is 14.4 Å². The fraction of sp³-hybridized carbons (Fsp3) is 0.316. The number of rotatable bonds is 8. The molecule has 0 aliphatic heterocycles. The molecule has 0 bridgehead atoms. The highest BCUT2D eigenvalue weighted by Crippen LogP contribution is 2.32. The maximum atomic E-state index is 13.0. The summed E-state index contributed by atoms with van der Waals surface area (Å²) in [5, 5.41) is 3.11. The molecule has 152 valence electrons. The monoisotopic (exact) mass is 442 g/mol. The van der Waals surface area contributed by atoms with E-state index >= 15 is 0 Å². The lowest BCUT2D eigenvalue weighted by Gasteiger charge is -2.30. The Morgan fingerprint density at radius 2 is 1.96 bits per heavy atom. The number of carbonyl (C=O) groups is 1. The maximum absolute atomic E-state index is 13.0. The number of nitrogens with zero attached hydrogens (tertiary/aromatic N) is 1. The van der Waals surface area contributed by atoms with Crippen LogP contribution in [0.15, 0.2) is 47.4 Å². The maximum Gasteiger partial charge on any atom is 0.248 e. The van der Waals surface area contributed by atoms with Crippen molar-refractivity contribution in [3.05, 3.63) is 47.5 Å². The summed E-state index contributed by atoms with van der Waals surface area (Å²) in [6.07, 6.45) is 3.26. The van der Waals surface area contributed by atoms with E-state index in [1.165, 1.54) is 24.9 Å². The highest BCUT2D eigenvalue weighted by atomic mass is 35.5. The van der Waals surface area contributed by atoms with E-state index in [0.717, 1.165) is 15.5 Å². The van der Waals surface area contributed by atoms with Crippen molar-refractivity contribution in [2.24, 2.45) is 0 Å². The molecular weight excluding hydrogens is 420 g/mol. The molecule has 0 saturated carbocycles. The van der Waals surface area contributed by atoms with Gasteiger partial charge in [-0.1, -0.05) is 30.7 Å². The second-order valence-electron chi connectivity index (χ2n) is 5.99. The number of ether oxygens (including phenoxy) is 1. The van der Waals surface area contributed by atoms with E-state index in [1.807, 2.05) is 24.5 Å². The number of sulfonamides is 1. The Kier molecular flexibility index (Phi) is 7.63. The van der Waals surface area contributed by atoms with Gasteiger partial charge in [0.15, 0.2) is 0 Å². The fourth-order valence-corrected chi connectivity index (χ4v) is 4.83. The van der Waals surface area contributed by atoms with Crippen molar-refractivity contribution >= 4 is 50.7 Å². The van der Waals surface area contributed by atoms with Gasteiger partial charge >= 0.3 is 0 Å². The number of methoxy groups -OCH3 is 1. The second kappa shape index (κ2) is 9.54. The topological polar surface area (TPSA) is 75.7 Å². The Bertz CT molecular complexity index is 951. The molecule has 0 aliphatic carbocycles. The molecule has 1 N–H and O–H groups in total. The molecular formula is C19H23ClN2O4S2. The molecule has 2 rings (SSSR count). The van der Waals surface area contributed by atoms with Gasteiger partial charge in [-0.2, -0.15) is 0 Å². The summed E-state index contributed by atoms with van der Waals surface area (Å²) in [4.78, 5) is 13.9. The zero-order valence-electron chi connectivity index (χ0n) is 16.1. The average molecular weight is 443 g/mol. The molecule has 1 atom stereocenters. The van der Waals surface area contributed by atoms with Crippen molar-refractivity contribution in [1.29, 1.82) is 0 Å². The number of benzene rings is 2. The van der Waals surface area contributed by atoms with Gasteiger partial charge in [0.1, 0.15) is 11.8 Å². The average Bonchev–Trinajstić information content (AvgIpc) is 2.65. The summed E-state index contributed by atoms with van der Waals surface area (Å²) in [6, 6.07) is 11.0. The second-order valence-corrected chi connectivity index (χ2v) is 9.11. The minimum Gasteiger partial charge on any atom is -0.495 e. The lowest BCUT2D eigenvalue weighted by atomic mass is 10.1. The number of thioether (sulfide) groups is 1. The number of hydrogen-bond donors (Lipinski definition) is 1. The van der Waals surface area contributed by atoms with Crippen LogP contribution >= 0.6 is 23.4 Å². The van der Waals surface area contributed by atoms with Crippen LogP contribution in [0.2, 0.25) is 5.02 Å². The van der Waals surface area contributed by atoms with Gasteiger partial charge < -0.3 is 10.1 Å². The summed E-state index contributed by atoms with van der Waals surface area (Å²) in [7, 11) is -2.28. The van der Waals surface area contributed by atoms with Gasteiger partial charge in [-0.15, -0.1) is 11.8 Å². The van der Waals surface area contributed by atoms with Crippen LogP contribution in [0.3, 0.4) is 0 Å². The van der Waals surface area contributed by atoms with Gasteiger partial charge in [-0.3, -0.25) is 9.10 Å². The highest BCUT2D eigenvalue weighted by molar-refractivity contribution is 7.98. The first-order chi connectivity index (χ1) is 13.2. The zero-order chi connectivity index (χ0) is 20.9. The number of nitrogens with one attached hydrogen (secondary N) is 1. The number of halogens is 1. The van der Waals surface area contributed by atoms with E-state index in [4.69, 9.17) is 16.3 Å². The SMILES string of the molecule is CCC(C(=O)Nc1ccccc1SC)N(c1ccc(OC)c(Cl)c1)S(C)(=O)=O. The highest BCUT2D eigenvalue weighted by Gasteiger charge is 2.32. The molecule has 0 aliphatic rings. The van der Waals surface area contributed by atoms with Crippen molar-refractivity contribution in [2.75, 3.05) is 29.2 Å². The molecule has 0 aromatic heterocycles. The zero-order valence-corrected chi connectivity index (χ0v) is 18.5. The third-order valence-corrected chi connectivity index (χ3v) is 6.36. The Morgan fingerprint density at radius 3 is 2.50 bits per heavy atom. The van der Waals surface area contributed by atoms with E-state index in [1.54, 1.807) is 25.1 Å². The van der Waals surface area contributed by atoms with Gasteiger partial charge in [0.25, 0.3) is 0 Å². The number of hydrogen-bond acceptors (Lipinski definition) is 5. The molecule has 6 nitrogen and oxygen atoms in total. The van der Waals surface area contributed by atoms with E-state index < -0.39 is 22.0 Å². The van der Waals surface area contributed by atoms with Gasteiger partial charge in [-0.25, -0.2) is 8.42 Å². The summed E-state index contributed by atoms with van der Waals surface area (Å²) >= 11 is 7.67. The lowest BCUT2D eigenvalue weighted by molar-refractivity contribution is -0.117. The number of carbonyl (C=O) groups excluding carboxylic acids is 1. The minimum atomic E-state index is -3.75. The molecule has 28 heavy (non-hydrogen) atoms. The molecule has 2 aromatic carbocycles. The molecule has 0 radical (unpaired) electrons. The molecule has 1 amide bonds. The van der Waals surface area contributed by atoms with Crippen LogP contribution in [0.1, 0.15) is 13.3 Å². The number of amides is 1. The van der Waals surface area contributed by atoms with Crippen LogP contribution in [0.4, 0.5) is 11.4 Å². The first-order valence-electron chi connectivity index (χ1n) is 8.49. The largest absolute Gasteiger partial charge is 0.495 e. The van der Waals surface area contributed by atoms with Crippen molar-refractivity contribution in [1.82, 2.24) is 0 Å². The third kappa shape index (κ3) is 5.12. The van der Waals surface area contributed by atoms with Gasteiger partial charge in [0.05, 0.1) is 29.8 Å². The molecule has 0 heterocycles. The smallest absolute Gasteiger partial charge is 0.248 e. The number of para-hydroxylation sites is 1. The van der Waals surface area contributed by atoms with E-state index in [9.17, 15) is 13.2 Å². The summed E-state index contributed by atoms with van der Waals surface area (Å²) < 4.78 is 31.3. The molecule has 1 unspecified atom stereocenters. The van der Waals surface area contributed by atoms with Crippen molar-refractivity contribution in [3.63, 3.8) is 0 Å². The molecule has 0 saturated heterocycles. The Morgan fingerprint density at radius 1 is 1.29 bits per heavy atom. The van der Waals surface area contributed by atoms with E-state index in [-0.39, 0.29) is 11.4 Å². The molecule has 0 fully saturated rings. The van der Waals surface area contributed by atoms with Crippen LogP contribution in [-0.2, 0) is 14.8 Å². The van der Waals surface area contributed by atoms with Gasteiger partial charge in [0.2, 0.25) is 15.9 Å². The van der Waals surface area contributed by atoms with Crippen molar-refractivity contribution < 1.29 is 17.9 Å². The summed E-state index contributed by atoms with van der Waals surface area (Å²) in [6.45, 7) is 1.76. The molecule has 2 aromatic rings. The molecule has 0 spiro atoms. The summed E-state index contributed by atoms with van der Waals surface area (Å²) in [5.74, 6) is 0.00614. The van der Waals surface area contributed by atoms with Gasteiger partial charge in [-0.05, 0) is 43.0 Å². The van der Waals surface area contributed by atoms with Gasteiger partial charge in [0, 0.05) is 4.90 Å². The quantitative estimate of drug-likeness (QED) is 0.618. The van der Waals surface area contributed by atoms with Crippen LogP contribution in [0, 0.1) is 0 Å². The Labute approximate surface area is 175 Å². The molecule has 9 heteroatoms. The number of anilines is 2. The summed E-state index contributed by atoms with van der Waals surface area (Å²) in [5.41, 5.74) is 0.938. The standard InChI is InChI=1S/C19H23ClN2O4S2/c1-5-16(19(23)21-15-8-6-7-9-18(15)27-3)22(28(4,24)25)13-10-11-17(26-2)14(20)12-13/h6-12,16H,5H2,1-4H3,(H,21,23). The first-order valence-corrected chi connectivity index (χ1v) is 11.9. The normalized spacial score (nSPS) is 12.3.